The highest BCUT2D eigenvalue weighted by atomic mass is 19.4. The third kappa shape index (κ3) is 15.7. The van der Waals surface area contributed by atoms with Crippen LogP contribution in [0.1, 0.15) is 87.6 Å². The number of hydrogen-bond acceptors (Lipinski definition) is 16. The zero-order valence-corrected chi connectivity index (χ0v) is 53.1. The van der Waals surface area contributed by atoms with E-state index in [1.54, 1.807) is 35.0 Å². The van der Waals surface area contributed by atoms with Gasteiger partial charge in [0, 0.05) is 64.1 Å². The van der Waals surface area contributed by atoms with Gasteiger partial charge >= 0.3 is 18.2 Å². The quantitative estimate of drug-likeness (QED) is 0.0431. The summed E-state index contributed by atoms with van der Waals surface area (Å²) >= 11 is 0. The molecule has 95 heavy (non-hydrogen) atoms. The van der Waals surface area contributed by atoms with Crippen LogP contribution in [0.5, 0.6) is 0 Å². The van der Waals surface area contributed by atoms with Gasteiger partial charge in [0.15, 0.2) is 16.9 Å². The van der Waals surface area contributed by atoms with Crippen molar-refractivity contribution in [3.63, 3.8) is 0 Å². The van der Waals surface area contributed by atoms with E-state index in [1.165, 1.54) is 31.1 Å². The Balaban J connectivity index is 0.000000156. The van der Waals surface area contributed by atoms with E-state index in [1.807, 2.05) is 150 Å². The maximum atomic E-state index is 13.9. The summed E-state index contributed by atoms with van der Waals surface area (Å²) in [4.78, 5) is 49.9. The molecule has 6 heterocycles. The molecule has 12 N–H and O–H groups in total. The fourth-order valence-corrected chi connectivity index (χ4v) is 10.2. The minimum atomic E-state index is -4.41. The second kappa shape index (κ2) is 28.2. The summed E-state index contributed by atoms with van der Waals surface area (Å²) in [7, 11) is 0. The highest BCUT2D eigenvalue weighted by Gasteiger charge is 2.30. The van der Waals surface area contributed by atoms with Crippen LogP contribution in [0.25, 0.3) is 55.6 Å². The van der Waals surface area contributed by atoms with Crippen LogP contribution in [-0.4, -0.2) is 71.3 Å². The predicted molar refractivity (Wildman–Crippen MR) is 366 cm³/mol. The summed E-state index contributed by atoms with van der Waals surface area (Å²) in [6.45, 7) is 19.8. The van der Waals surface area contributed by atoms with E-state index >= 15 is 0 Å². The van der Waals surface area contributed by atoms with Crippen molar-refractivity contribution < 1.29 is 27.2 Å². The zero-order valence-electron chi connectivity index (χ0n) is 53.1. The maximum Gasteiger partial charge on any atom is 0.416 e. The number of hydrogen-bond donors (Lipinski definition) is 9. The lowest BCUT2D eigenvalue weighted by molar-refractivity contribution is -0.137. The first-order valence-corrected chi connectivity index (χ1v) is 30.0. The van der Waals surface area contributed by atoms with Crippen LogP contribution in [0.2, 0.25) is 0 Å². The van der Waals surface area contributed by atoms with E-state index < -0.39 is 23.6 Å². The molecule has 0 fully saturated rings. The fourth-order valence-electron chi connectivity index (χ4n) is 10.2. The zero-order chi connectivity index (χ0) is 67.8. The van der Waals surface area contributed by atoms with Crippen molar-refractivity contribution >= 4 is 96.7 Å². The van der Waals surface area contributed by atoms with Gasteiger partial charge in [0.25, 0.3) is 0 Å². The number of amides is 4. The van der Waals surface area contributed by atoms with E-state index in [9.17, 15) is 27.2 Å². The van der Waals surface area contributed by atoms with Crippen LogP contribution in [0.4, 0.5) is 78.7 Å². The van der Waals surface area contributed by atoms with Crippen molar-refractivity contribution in [2.45, 2.75) is 86.1 Å². The van der Waals surface area contributed by atoms with Crippen molar-refractivity contribution in [2.75, 3.05) is 49.1 Å². The van der Waals surface area contributed by atoms with Crippen LogP contribution >= 0.6 is 0 Å². The number of anilines is 9. The molecule has 0 saturated carbocycles. The normalized spacial score (nSPS) is 11.3. The van der Waals surface area contributed by atoms with Crippen molar-refractivity contribution in [3.8, 4) is 22.5 Å². The van der Waals surface area contributed by atoms with Gasteiger partial charge in [-0.1, -0.05) is 67.2 Å². The van der Waals surface area contributed by atoms with Crippen LogP contribution in [0, 0.1) is 19.7 Å². The smallest absolute Gasteiger partial charge is 0.383 e. The number of nitrogens with zero attached hydrogens (tertiary/aromatic N) is 12. The Labute approximate surface area is 543 Å². The molecule has 6 aromatic heterocycles. The van der Waals surface area contributed by atoms with E-state index in [0.717, 1.165) is 67.8 Å². The number of nitrogens with two attached hydrogens (primary N) is 3. The van der Waals surface area contributed by atoms with Gasteiger partial charge in [-0.15, -0.1) is 0 Å². The first-order chi connectivity index (χ1) is 45.4. The molecule has 0 unspecified atom stereocenters. The Morgan fingerprint density at radius 2 is 0.916 bits per heavy atom. The van der Waals surface area contributed by atoms with Crippen molar-refractivity contribution in [1.82, 2.24) is 59.2 Å². The standard InChI is InChI=1S/C24H24F3N7.C22H22FN7O.C22H23N7O/c1-14(2)34-23-21(22(28)29-13-30-23)20(33-34)11-16-6-4-8-18(10-16)31-15(3)32-19-9-5-7-17(12-19)24(25,26)27;1-12(2)30-21-18(20(24)25-11-26-21)19(29-30)14-5-7-15(8-6-14)27-22(31)28-17-10-13(3)4-9-16(17)23;1-13(2)29-21-18(20(23)24-12-25-21)19(28-29)15-7-9-16(10-8-15)26-22(30)27-17-6-4-5-14(3)11-17/h4-10,12-14,31-32H,3,11H2,1-2H3,(H2,28,29,30);4-12H,1-3H3,(H2,24,25,26)(H2,27,28,31);4-13H,1-3H3,(H2,23,24,25)(H2,26,27,30). The second-order valence-electron chi connectivity index (χ2n) is 23.0. The van der Waals surface area contributed by atoms with Gasteiger partial charge in [0.1, 0.15) is 59.5 Å². The molecule has 486 valence electrons. The number of nitrogens with one attached hydrogen (secondary N) is 6. The second-order valence-corrected chi connectivity index (χ2v) is 23.0. The molecule has 0 aliphatic carbocycles. The molecule has 0 saturated heterocycles. The largest absolute Gasteiger partial charge is 0.416 e. The van der Waals surface area contributed by atoms with E-state index in [0.29, 0.717) is 74.8 Å². The van der Waals surface area contributed by atoms with E-state index in [2.05, 4.69) is 73.5 Å². The number of fused-ring (bicyclic) bond motifs is 3. The molecular formula is C68H69F4N21O2. The first kappa shape index (κ1) is 65.9. The van der Waals surface area contributed by atoms with Gasteiger partial charge in [-0.25, -0.2) is 57.9 Å². The van der Waals surface area contributed by atoms with Gasteiger partial charge in [0.05, 0.1) is 33.1 Å². The molecular weight excluding hydrogens is 1220 g/mol. The average Bonchev–Trinajstić information content (AvgIpc) is 1.64. The topological polar surface area (TPSA) is 315 Å². The number of rotatable bonds is 15. The summed E-state index contributed by atoms with van der Waals surface area (Å²) in [5, 5.41) is 33.1. The third-order valence-electron chi connectivity index (χ3n) is 14.7. The Morgan fingerprint density at radius 1 is 0.484 bits per heavy atom. The third-order valence-corrected chi connectivity index (χ3v) is 14.7. The van der Waals surface area contributed by atoms with Crippen LogP contribution in [-0.2, 0) is 12.6 Å². The number of aryl methyl sites for hydroxylation is 2. The van der Waals surface area contributed by atoms with Crippen molar-refractivity contribution in [2.24, 2.45) is 0 Å². The SMILES string of the molecule is C=C(Nc1cccc(Cc2nn(C(C)C)c3ncnc(N)c23)c1)Nc1cccc(C(F)(F)F)c1.Cc1ccc(F)c(NC(=O)Nc2ccc(-c3nn(C(C)C)c4ncnc(N)c34)cc2)c1.Cc1cccc(NC(=O)Nc2ccc(-c3nn(C(C)C)c4ncnc(N)c34)cc2)c1. The summed E-state index contributed by atoms with van der Waals surface area (Å²) in [6, 6.07) is 38.7. The molecule has 0 bridgehead atoms. The molecule has 12 rings (SSSR count). The molecule has 23 nitrogen and oxygen atoms in total. The molecule has 4 amide bonds. The molecule has 27 heteroatoms. The minimum Gasteiger partial charge on any atom is -0.383 e. The molecule has 12 aromatic rings. The molecule has 0 spiro atoms. The predicted octanol–water partition coefficient (Wildman–Crippen LogP) is 15.0. The lowest BCUT2D eigenvalue weighted by Crippen LogP contribution is -2.20. The number of halogens is 4. The molecule has 6 aromatic carbocycles. The number of carbonyl (C=O) groups is 2. The van der Waals surface area contributed by atoms with Gasteiger partial charge < -0.3 is 49.1 Å². The van der Waals surface area contributed by atoms with E-state index in [4.69, 9.17) is 27.4 Å². The van der Waals surface area contributed by atoms with Gasteiger partial charge in [-0.2, -0.15) is 28.5 Å². The lowest BCUT2D eigenvalue weighted by Gasteiger charge is -2.14. The number of nitrogen functional groups attached to an aromatic ring is 3. The monoisotopic (exact) mass is 1290 g/mol. The Morgan fingerprint density at radius 3 is 1.42 bits per heavy atom. The molecule has 0 atom stereocenters. The Hall–Kier alpha value is -12.0. The molecule has 0 aliphatic heterocycles. The van der Waals surface area contributed by atoms with E-state index in [-0.39, 0.29) is 35.5 Å². The Bertz CT molecular complexity index is 4770. The number of alkyl halides is 3. The Kier molecular flexibility index (Phi) is 19.6. The van der Waals surface area contributed by atoms with Crippen LogP contribution in [0.3, 0.4) is 0 Å². The van der Waals surface area contributed by atoms with Gasteiger partial charge in [0.2, 0.25) is 0 Å². The summed E-state index contributed by atoms with van der Waals surface area (Å²) in [5.41, 5.74) is 29.4. The number of benzene rings is 6. The van der Waals surface area contributed by atoms with Crippen molar-refractivity contribution in [1.29, 1.82) is 0 Å². The summed E-state index contributed by atoms with van der Waals surface area (Å²) < 4.78 is 58.2. The lowest BCUT2D eigenvalue weighted by atomic mass is 10.1. The highest BCUT2D eigenvalue weighted by Crippen LogP contribution is 2.36. The number of carbonyl (C=O) groups excluding carboxylic acids is 2. The van der Waals surface area contributed by atoms with Crippen LogP contribution in [0.15, 0.2) is 171 Å². The highest BCUT2D eigenvalue weighted by molar-refractivity contribution is 6.03. The summed E-state index contributed by atoms with van der Waals surface area (Å²) in [5.74, 6) is 0.960. The molecule has 0 radical (unpaired) electrons. The first-order valence-electron chi connectivity index (χ1n) is 30.0. The number of aromatic nitrogens is 12. The minimum absolute atomic E-state index is 0.0946. The van der Waals surface area contributed by atoms with Crippen LogP contribution < -0.4 is 49.1 Å². The number of urea groups is 2. The van der Waals surface area contributed by atoms with Crippen molar-refractivity contribution in [3.05, 3.63) is 205 Å². The van der Waals surface area contributed by atoms with Gasteiger partial charge in [-0.05, 0) is 151 Å². The molecule has 0 aliphatic rings. The summed E-state index contributed by atoms with van der Waals surface area (Å²) in [6.07, 6.45) is 0.376. The van der Waals surface area contributed by atoms with Gasteiger partial charge in [-0.3, -0.25) is 0 Å². The maximum absolute atomic E-state index is 13.9. The average molecular weight is 1290 g/mol. The fraction of sp³-hybridized carbons (Fsp3) is 0.191.